The summed E-state index contributed by atoms with van der Waals surface area (Å²) in [5.74, 6) is 0.802. The van der Waals surface area contributed by atoms with Gasteiger partial charge in [-0.25, -0.2) is 0 Å². The molecule has 0 radical (unpaired) electrons. The summed E-state index contributed by atoms with van der Waals surface area (Å²) in [4.78, 5) is 11.0. The second-order valence-corrected chi connectivity index (χ2v) is 5.31. The third-order valence-corrected chi connectivity index (χ3v) is 3.93. The van der Waals surface area contributed by atoms with Gasteiger partial charge in [-0.05, 0) is 38.1 Å². The fourth-order valence-electron chi connectivity index (χ4n) is 2.89. The molecule has 0 aromatic carbocycles. The molecule has 100 valence electrons. The van der Waals surface area contributed by atoms with Gasteiger partial charge in [-0.3, -0.25) is 4.79 Å². The van der Waals surface area contributed by atoms with Crippen LogP contribution in [0.3, 0.4) is 0 Å². The second kappa shape index (κ2) is 6.74. The van der Waals surface area contributed by atoms with Crippen LogP contribution in [0, 0.1) is 5.92 Å². The number of hydrogen-bond acceptors (Lipinski definition) is 2. The first-order valence-electron chi connectivity index (χ1n) is 7.19. The summed E-state index contributed by atoms with van der Waals surface area (Å²) in [7, 11) is 0. The Morgan fingerprint density at radius 3 is 2.83 bits per heavy atom. The predicted molar refractivity (Wildman–Crippen MR) is 74.7 cm³/mol. The quantitative estimate of drug-likeness (QED) is 0.839. The topological polar surface area (TPSA) is 34.0 Å². The van der Waals surface area contributed by atoms with Crippen LogP contribution in [0.5, 0.6) is 0 Å². The van der Waals surface area contributed by atoms with E-state index in [1.807, 2.05) is 12.4 Å². The highest BCUT2D eigenvalue weighted by molar-refractivity contribution is 4.94. The number of pyridine rings is 1. The molecule has 1 aliphatic rings. The number of hydrogen-bond donors (Lipinski definition) is 1. The Kier molecular flexibility index (Phi) is 5.00. The van der Waals surface area contributed by atoms with Crippen molar-refractivity contribution in [1.29, 1.82) is 0 Å². The molecule has 3 nitrogen and oxygen atoms in total. The van der Waals surface area contributed by atoms with Crippen LogP contribution in [0.15, 0.2) is 29.3 Å². The van der Waals surface area contributed by atoms with Crippen molar-refractivity contribution in [1.82, 2.24) is 9.88 Å². The number of rotatable bonds is 6. The summed E-state index contributed by atoms with van der Waals surface area (Å²) in [6, 6.07) is 3.99. The molecule has 0 amide bonds. The lowest BCUT2D eigenvalue weighted by molar-refractivity contribution is 0.361. The maximum absolute atomic E-state index is 11.0. The predicted octanol–water partition coefficient (Wildman–Crippen LogP) is 2.41. The van der Waals surface area contributed by atoms with Crippen molar-refractivity contribution in [3.05, 3.63) is 34.7 Å². The average molecular weight is 248 g/mol. The zero-order chi connectivity index (χ0) is 12.8. The molecule has 0 spiro atoms. The maximum Gasteiger partial charge on any atom is 0.181 e. The summed E-state index contributed by atoms with van der Waals surface area (Å²) in [5.41, 5.74) is 0.0922. The zero-order valence-corrected chi connectivity index (χ0v) is 11.3. The number of aromatic nitrogens is 1. The SMILES string of the molecule is CCCNC1CCCC1CCn1ccc(=O)cc1. The third-order valence-electron chi connectivity index (χ3n) is 3.93. The van der Waals surface area contributed by atoms with Crippen molar-refractivity contribution in [2.45, 2.75) is 51.6 Å². The van der Waals surface area contributed by atoms with E-state index >= 15 is 0 Å². The minimum absolute atomic E-state index is 0.0922. The Labute approximate surface area is 109 Å². The van der Waals surface area contributed by atoms with Gasteiger partial charge in [-0.15, -0.1) is 0 Å². The van der Waals surface area contributed by atoms with Crippen molar-refractivity contribution < 1.29 is 0 Å². The molecule has 1 heterocycles. The minimum atomic E-state index is 0.0922. The van der Waals surface area contributed by atoms with Crippen molar-refractivity contribution in [3.63, 3.8) is 0 Å². The highest BCUT2D eigenvalue weighted by Gasteiger charge is 2.25. The summed E-state index contributed by atoms with van der Waals surface area (Å²) < 4.78 is 2.12. The van der Waals surface area contributed by atoms with Crippen molar-refractivity contribution in [3.8, 4) is 0 Å². The van der Waals surface area contributed by atoms with Crippen LogP contribution in [-0.2, 0) is 6.54 Å². The van der Waals surface area contributed by atoms with Gasteiger partial charge in [0, 0.05) is 37.1 Å². The van der Waals surface area contributed by atoms with Gasteiger partial charge in [0.2, 0.25) is 0 Å². The Morgan fingerprint density at radius 1 is 1.33 bits per heavy atom. The zero-order valence-electron chi connectivity index (χ0n) is 11.3. The van der Waals surface area contributed by atoms with Gasteiger partial charge in [-0.2, -0.15) is 0 Å². The molecule has 1 aliphatic carbocycles. The lowest BCUT2D eigenvalue weighted by Crippen LogP contribution is -2.33. The van der Waals surface area contributed by atoms with E-state index in [4.69, 9.17) is 0 Å². The highest BCUT2D eigenvalue weighted by atomic mass is 16.1. The molecule has 3 heteroatoms. The van der Waals surface area contributed by atoms with E-state index in [0.29, 0.717) is 6.04 Å². The molecule has 1 fully saturated rings. The van der Waals surface area contributed by atoms with Crippen LogP contribution in [-0.4, -0.2) is 17.2 Å². The van der Waals surface area contributed by atoms with Gasteiger partial charge in [0.05, 0.1) is 0 Å². The lowest BCUT2D eigenvalue weighted by atomic mass is 9.99. The Bertz CT molecular complexity index is 393. The number of aryl methyl sites for hydroxylation is 1. The monoisotopic (exact) mass is 248 g/mol. The molecule has 2 atom stereocenters. The number of nitrogens with zero attached hydrogens (tertiary/aromatic N) is 1. The van der Waals surface area contributed by atoms with Crippen LogP contribution in [0.1, 0.15) is 39.0 Å². The van der Waals surface area contributed by atoms with E-state index in [1.165, 1.54) is 32.1 Å². The Balaban J connectivity index is 1.81. The Morgan fingerprint density at radius 2 is 2.11 bits per heavy atom. The van der Waals surface area contributed by atoms with E-state index < -0.39 is 0 Å². The van der Waals surface area contributed by atoms with Crippen molar-refractivity contribution >= 4 is 0 Å². The van der Waals surface area contributed by atoms with Crippen LogP contribution in [0.25, 0.3) is 0 Å². The lowest BCUT2D eigenvalue weighted by Gasteiger charge is -2.21. The van der Waals surface area contributed by atoms with Gasteiger partial charge in [-0.1, -0.05) is 13.3 Å². The molecule has 1 N–H and O–H groups in total. The van der Waals surface area contributed by atoms with Crippen LogP contribution in [0.2, 0.25) is 0 Å². The summed E-state index contributed by atoms with van der Waals surface area (Å²) >= 11 is 0. The summed E-state index contributed by atoms with van der Waals surface area (Å²) in [5, 5.41) is 3.67. The maximum atomic E-state index is 11.0. The molecule has 1 aromatic heterocycles. The van der Waals surface area contributed by atoms with E-state index in [1.54, 1.807) is 12.1 Å². The highest BCUT2D eigenvalue weighted by Crippen LogP contribution is 2.28. The fourth-order valence-corrected chi connectivity index (χ4v) is 2.89. The first-order chi connectivity index (χ1) is 8.79. The molecule has 2 unspecified atom stereocenters. The van der Waals surface area contributed by atoms with E-state index in [0.717, 1.165) is 19.0 Å². The van der Waals surface area contributed by atoms with E-state index in [-0.39, 0.29) is 5.43 Å². The Hall–Kier alpha value is -1.09. The van der Waals surface area contributed by atoms with Gasteiger partial charge in [0.25, 0.3) is 0 Å². The molecule has 1 aromatic rings. The normalized spacial score (nSPS) is 23.4. The molecule has 2 rings (SSSR count). The standard InChI is InChI=1S/C15H24N2O/c1-2-9-16-15-5-3-4-13(15)6-10-17-11-7-14(18)8-12-17/h7-8,11-13,15-16H,2-6,9-10H2,1H3. The van der Waals surface area contributed by atoms with Crippen molar-refractivity contribution in [2.75, 3.05) is 6.54 Å². The van der Waals surface area contributed by atoms with E-state index in [9.17, 15) is 4.79 Å². The smallest absolute Gasteiger partial charge is 0.181 e. The van der Waals surface area contributed by atoms with Crippen molar-refractivity contribution in [2.24, 2.45) is 5.92 Å². The molecule has 0 bridgehead atoms. The van der Waals surface area contributed by atoms with Gasteiger partial charge < -0.3 is 9.88 Å². The van der Waals surface area contributed by atoms with E-state index in [2.05, 4.69) is 16.8 Å². The van der Waals surface area contributed by atoms with Crippen LogP contribution >= 0.6 is 0 Å². The molecule has 0 saturated heterocycles. The largest absolute Gasteiger partial charge is 0.354 e. The first-order valence-corrected chi connectivity index (χ1v) is 7.19. The molecule has 0 aliphatic heterocycles. The summed E-state index contributed by atoms with van der Waals surface area (Å²) in [6.07, 6.45) is 10.2. The molecular formula is C15H24N2O. The van der Waals surface area contributed by atoms with Gasteiger partial charge in [0.15, 0.2) is 5.43 Å². The third kappa shape index (κ3) is 3.70. The van der Waals surface area contributed by atoms with Gasteiger partial charge >= 0.3 is 0 Å². The fraction of sp³-hybridized carbons (Fsp3) is 0.667. The van der Waals surface area contributed by atoms with Gasteiger partial charge in [0.1, 0.15) is 0 Å². The minimum Gasteiger partial charge on any atom is -0.354 e. The average Bonchev–Trinajstić information content (AvgIpc) is 2.83. The molecule has 18 heavy (non-hydrogen) atoms. The first kappa shape index (κ1) is 13.3. The van der Waals surface area contributed by atoms with Crippen LogP contribution in [0.4, 0.5) is 0 Å². The molecule has 1 saturated carbocycles. The summed E-state index contributed by atoms with van der Waals surface area (Å²) in [6.45, 7) is 4.38. The number of nitrogens with one attached hydrogen (secondary N) is 1. The molecular weight excluding hydrogens is 224 g/mol. The second-order valence-electron chi connectivity index (χ2n) is 5.31. The van der Waals surface area contributed by atoms with Crippen LogP contribution < -0.4 is 10.7 Å².